The van der Waals surface area contributed by atoms with E-state index in [0.29, 0.717) is 23.2 Å². The first-order valence-electron chi connectivity index (χ1n) is 8.67. The van der Waals surface area contributed by atoms with Gasteiger partial charge in [-0.1, -0.05) is 35.7 Å². The second-order valence-corrected chi connectivity index (χ2v) is 7.55. The number of β-amino-alcohol motifs (C(OH)–C–C–N with tert-alkyl or cyclic N) is 1. The summed E-state index contributed by atoms with van der Waals surface area (Å²) in [6.07, 6.45) is 2.05. The van der Waals surface area contributed by atoms with Crippen LogP contribution in [0, 0.1) is 0 Å². The topological polar surface area (TPSA) is 61.8 Å². The van der Waals surface area contributed by atoms with Gasteiger partial charge in [0.15, 0.2) is 0 Å². The Labute approximate surface area is 159 Å². The van der Waals surface area contributed by atoms with Crippen LogP contribution in [-0.4, -0.2) is 47.9 Å². The van der Waals surface area contributed by atoms with Crippen LogP contribution in [-0.2, 0) is 4.74 Å². The van der Waals surface area contributed by atoms with Crippen LogP contribution in [0.2, 0.25) is 10.0 Å². The predicted molar refractivity (Wildman–Crippen MR) is 100 cm³/mol. The zero-order valence-electron chi connectivity index (χ0n) is 14.7. The second-order valence-electron chi connectivity index (χ2n) is 6.73. The number of nitrogens with zero attached hydrogens (tertiary/aromatic N) is 1. The summed E-state index contributed by atoms with van der Waals surface area (Å²) in [5.41, 5.74) is 0.734. The summed E-state index contributed by atoms with van der Waals surface area (Å²) in [7, 11) is 0. The number of aliphatic hydroxyl groups excluding tert-OH is 1. The van der Waals surface area contributed by atoms with Crippen LogP contribution in [0.25, 0.3) is 0 Å². The van der Waals surface area contributed by atoms with E-state index in [2.05, 4.69) is 10.2 Å². The van der Waals surface area contributed by atoms with E-state index < -0.39 is 12.2 Å². The molecule has 0 spiro atoms. The van der Waals surface area contributed by atoms with E-state index in [9.17, 15) is 9.90 Å². The highest BCUT2D eigenvalue weighted by Crippen LogP contribution is 2.27. The van der Waals surface area contributed by atoms with Crippen molar-refractivity contribution in [1.82, 2.24) is 10.2 Å². The number of carbonyl (C=O) groups excluding carboxylic acids is 1. The molecule has 25 heavy (non-hydrogen) atoms. The minimum absolute atomic E-state index is 0.0476. The Hall–Kier alpha value is -1.01. The lowest BCUT2D eigenvalue weighted by atomic mass is 10.0. The Morgan fingerprint density at radius 2 is 2.12 bits per heavy atom. The quantitative estimate of drug-likeness (QED) is 0.772. The molecule has 2 atom stereocenters. The molecule has 7 heteroatoms. The summed E-state index contributed by atoms with van der Waals surface area (Å²) in [5.74, 6) is 0. The molecule has 1 aromatic carbocycles. The van der Waals surface area contributed by atoms with Crippen molar-refractivity contribution in [3.8, 4) is 0 Å². The third-order valence-electron chi connectivity index (χ3n) is 4.30. The molecule has 1 amide bonds. The number of nitrogens with one attached hydrogen (secondary N) is 1. The normalized spacial score (nSPS) is 19.7. The van der Waals surface area contributed by atoms with Gasteiger partial charge in [-0.15, -0.1) is 0 Å². The van der Waals surface area contributed by atoms with Gasteiger partial charge in [0.05, 0.1) is 16.1 Å². The number of alkyl carbamates (subject to hydrolysis) is 1. The first kappa shape index (κ1) is 20.3. The minimum Gasteiger partial charge on any atom is -0.448 e. The maximum atomic E-state index is 11.7. The molecule has 2 rings (SSSR count). The van der Waals surface area contributed by atoms with Crippen molar-refractivity contribution < 1.29 is 14.6 Å². The molecule has 0 bridgehead atoms. The summed E-state index contributed by atoms with van der Waals surface area (Å²) < 4.78 is 5.33. The average Bonchev–Trinajstić information content (AvgIpc) is 2.56. The van der Waals surface area contributed by atoms with Gasteiger partial charge in [0.2, 0.25) is 0 Å². The summed E-state index contributed by atoms with van der Waals surface area (Å²) >= 11 is 12.0. The number of hydrogen-bond donors (Lipinski definition) is 2. The second kappa shape index (κ2) is 9.62. The number of rotatable bonds is 6. The Balaban J connectivity index is 1.93. The van der Waals surface area contributed by atoms with Gasteiger partial charge in [0.25, 0.3) is 0 Å². The lowest BCUT2D eigenvalue weighted by molar-refractivity contribution is 0.0332. The van der Waals surface area contributed by atoms with Crippen LogP contribution in [0.3, 0.4) is 0 Å². The fraction of sp³-hybridized carbons (Fsp3) is 0.611. The van der Waals surface area contributed by atoms with E-state index >= 15 is 0 Å². The van der Waals surface area contributed by atoms with Gasteiger partial charge in [-0.2, -0.15) is 0 Å². The molecule has 1 saturated heterocycles. The van der Waals surface area contributed by atoms with Gasteiger partial charge in [-0.3, -0.25) is 4.90 Å². The number of likely N-dealkylation sites (tertiary alicyclic amines) is 1. The number of amides is 1. The first-order chi connectivity index (χ1) is 11.9. The predicted octanol–water partition coefficient (Wildman–Crippen LogP) is 4.02. The highest BCUT2D eigenvalue weighted by molar-refractivity contribution is 6.42. The molecule has 1 unspecified atom stereocenters. The van der Waals surface area contributed by atoms with Crippen LogP contribution in [0.5, 0.6) is 0 Å². The molecule has 0 aliphatic carbocycles. The van der Waals surface area contributed by atoms with Crippen LogP contribution >= 0.6 is 23.2 Å². The van der Waals surface area contributed by atoms with Gasteiger partial charge in [0, 0.05) is 18.6 Å². The number of piperidine rings is 1. The molecule has 0 aromatic heterocycles. The van der Waals surface area contributed by atoms with Gasteiger partial charge in [0.1, 0.15) is 6.61 Å². The highest BCUT2D eigenvalue weighted by Gasteiger charge is 2.26. The molecule has 1 aromatic rings. The third-order valence-corrected chi connectivity index (χ3v) is 5.04. The van der Waals surface area contributed by atoms with Crippen molar-refractivity contribution in [2.45, 2.75) is 51.3 Å². The van der Waals surface area contributed by atoms with Crippen LogP contribution in [0.1, 0.15) is 44.8 Å². The molecular weight excluding hydrogens is 363 g/mol. The summed E-state index contributed by atoms with van der Waals surface area (Å²) in [6.45, 7) is 5.45. The van der Waals surface area contributed by atoms with Crippen molar-refractivity contribution in [3.63, 3.8) is 0 Å². The molecule has 0 radical (unpaired) electrons. The number of halogens is 2. The monoisotopic (exact) mass is 388 g/mol. The Kier molecular flexibility index (Phi) is 7.81. The molecule has 5 nitrogen and oxygen atoms in total. The Morgan fingerprint density at radius 1 is 1.36 bits per heavy atom. The molecule has 1 aliphatic heterocycles. The van der Waals surface area contributed by atoms with Gasteiger partial charge in [-0.25, -0.2) is 4.79 Å². The lowest BCUT2D eigenvalue weighted by Crippen LogP contribution is -2.45. The van der Waals surface area contributed by atoms with Crippen LogP contribution in [0.15, 0.2) is 18.2 Å². The minimum atomic E-state index is -0.667. The van der Waals surface area contributed by atoms with E-state index in [0.717, 1.165) is 31.4 Å². The third kappa shape index (κ3) is 6.33. The maximum absolute atomic E-state index is 11.7. The Morgan fingerprint density at radius 3 is 2.80 bits per heavy atom. The highest BCUT2D eigenvalue weighted by atomic mass is 35.5. The number of aliphatic hydroxyl groups is 1. The van der Waals surface area contributed by atoms with E-state index in [4.69, 9.17) is 27.9 Å². The molecule has 0 saturated carbocycles. The largest absolute Gasteiger partial charge is 0.448 e. The standard InChI is InChI=1S/C18H26Cl2N2O3/c1-12(2)21-18(24)25-11-14-5-3-4-8-22(14)10-17(23)13-6-7-15(19)16(20)9-13/h6-7,9,12,14,17,23H,3-5,8,10-11H2,1-2H3,(H,21,24)/t14?,17-/m0/s1. The van der Waals surface area contributed by atoms with E-state index in [1.165, 1.54) is 0 Å². The maximum Gasteiger partial charge on any atom is 0.407 e. The van der Waals surface area contributed by atoms with Crippen molar-refractivity contribution in [3.05, 3.63) is 33.8 Å². The first-order valence-corrected chi connectivity index (χ1v) is 9.42. The number of hydrogen-bond acceptors (Lipinski definition) is 4. The van der Waals surface area contributed by atoms with Crippen molar-refractivity contribution in [2.75, 3.05) is 19.7 Å². The van der Waals surface area contributed by atoms with Gasteiger partial charge >= 0.3 is 6.09 Å². The fourth-order valence-electron chi connectivity index (χ4n) is 2.99. The van der Waals surface area contributed by atoms with Crippen molar-refractivity contribution >= 4 is 29.3 Å². The number of ether oxygens (including phenoxy) is 1. The summed E-state index contributed by atoms with van der Waals surface area (Å²) in [4.78, 5) is 13.9. The molecule has 1 aliphatic rings. The molecule has 140 valence electrons. The van der Waals surface area contributed by atoms with Crippen LogP contribution in [0.4, 0.5) is 4.79 Å². The molecule has 1 heterocycles. The zero-order chi connectivity index (χ0) is 18.4. The van der Waals surface area contributed by atoms with E-state index in [1.54, 1.807) is 18.2 Å². The molecule has 1 fully saturated rings. The van der Waals surface area contributed by atoms with E-state index in [1.807, 2.05) is 13.8 Å². The smallest absolute Gasteiger partial charge is 0.407 e. The average molecular weight is 389 g/mol. The SMILES string of the molecule is CC(C)NC(=O)OCC1CCCCN1C[C@H](O)c1ccc(Cl)c(Cl)c1. The van der Waals surface area contributed by atoms with Gasteiger partial charge < -0.3 is 15.2 Å². The van der Waals surface area contributed by atoms with Crippen molar-refractivity contribution in [1.29, 1.82) is 0 Å². The summed E-state index contributed by atoms with van der Waals surface area (Å²) in [5, 5.41) is 14.2. The fourth-order valence-corrected chi connectivity index (χ4v) is 3.29. The zero-order valence-corrected chi connectivity index (χ0v) is 16.2. The van der Waals surface area contributed by atoms with Gasteiger partial charge in [-0.05, 0) is 50.9 Å². The number of carbonyl (C=O) groups is 1. The van der Waals surface area contributed by atoms with Crippen LogP contribution < -0.4 is 5.32 Å². The Bertz CT molecular complexity index is 583. The summed E-state index contributed by atoms with van der Waals surface area (Å²) in [6, 6.07) is 5.33. The number of benzene rings is 1. The lowest BCUT2D eigenvalue weighted by Gasteiger charge is -2.36. The molecular formula is C18H26Cl2N2O3. The van der Waals surface area contributed by atoms with E-state index in [-0.39, 0.29) is 12.1 Å². The van der Waals surface area contributed by atoms with Crippen molar-refractivity contribution in [2.24, 2.45) is 0 Å². The molecule has 2 N–H and O–H groups in total.